The number of esters is 1. The van der Waals surface area contributed by atoms with Gasteiger partial charge in [0.1, 0.15) is 4.88 Å². The zero-order valence-electron chi connectivity index (χ0n) is 10.5. The van der Waals surface area contributed by atoms with E-state index in [0.29, 0.717) is 10.6 Å². The molecule has 0 radical (unpaired) electrons. The lowest BCUT2D eigenvalue weighted by Crippen LogP contribution is -2.07. The highest BCUT2D eigenvalue weighted by atomic mass is 32.1. The van der Waals surface area contributed by atoms with Crippen molar-refractivity contribution in [2.75, 3.05) is 21.2 Å². The van der Waals surface area contributed by atoms with Crippen LogP contribution in [-0.4, -0.2) is 38.4 Å². The molecule has 0 unspecified atom stereocenters. The highest BCUT2D eigenvalue weighted by molar-refractivity contribution is 7.21. The monoisotopic (exact) mass is 262 g/mol. The molecule has 0 bridgehead atoms. The fourth-order valence-electron chi connectivity index (χ4n) is 1.56. The molecule has 4 nitrogen and oxygen atoms in total. The number of hydrogen-bond donors (Lipinski definition) is 0. The Kier molecular flexibility index (Phi) is 3.62. The van der Waals surface area contributed by atoms with E-state index in [2.05, 4.69) is 4.99 Å². The second kappa shape index (κ2) is 5.18. The molecule has 1 aromatic carbocycles. The summed E-state index contributed by atoms with van der Waals surface area (Å²) in [4.78, 5) is 18.5. The summed E-state index contributed by atoms with van der Waals surface area (Å²) in [6, 6.07) is 7.81. The minimum Gasteiger partial charge on any atom is -0.465 e. The molecule has 0 spiro atoms. The van der Waals surface area contributed by atoms with Crippen molar-refractivity contribution in [3.8, 4) is 0 Å². The molecule has 1 heterocycles. The van der Waals surface area contributed by atoms with Crippen LogP contribution in [0.25, 0.3) is 10.1 Å². The van der Waals surface area contributed by atoms with E-state index in [4.69, 9.17) is 4.74 Å². The molecule has 5 heteroatoms. The Morgan fingerprint density at radius 3 is 2.78 bits per heavy atom. The summed E-state index contributed by atoms with van der Waals surface area (Å²) < 4.78 is 5.83. The van der Waals surface area contributed by atoms with Crippen molar-refractivity contribution in [3.05, 3.63) is 29.1 Å². The normalized spacial score (nSPS) is 11.1. The quantitative estimate of drug-likeness (QED) is 0.485. The third-order valence-corrected chi connectivity index (χ3v) is 3.50. The predicted molar refractivity (Wildman–Crippen MR) is 75.0 cm³/mol. The summed E-state index contributed by atoms with van der Waals surface area (Å²) in [5, 5.41) is 0.973. The molecule has 2 rings (SSSR count). The van der Waals surface area contributed by atoms with Crippen LogP contribution < -0.4 is 0 Å². The maximum atomic E-state index is 11.7. The number of hydrogen-bond acceptors (Lipinski definition) is 4. The Bertz CT molecular complexity index is 602. The van der Waals surface area contributed by atoms with Gasteiger partial charge in [-0.3, -0.25) is 0 Å². The number of benzene rings is 1. The fraction of sp³-hybridized carbons (Fsp3) is 0.231. The Labute approximate surface area is 110 Å². The molecule has 0 atom stereocenters. The molecule has 0 aliphatic rings. The first kappa shape index (κ1) is 12.6. The van der Waals surface area contributed by atoms with Crippen LogP contribution in [0, 0.1) is 0 Å². The minimum atomic E-state index is -0.345. The molecule has 0 aliphatic carbocycles. The van der Waals surface area contributed by atoms with Crippen LogP contribution in [0.2, 0.25) is 0 Å². The molecular weight excluding hydrogens is 248 g/mol. The molecule has 1 aromatic heterocycles. The number of carbonyl (C=O) groups excluding carboxylic acids is 1. The molecular formula is C13H14N2O2S. The van der Waals surface area contributed by atoms with Crippen molar-refractivity contribution >= 4 is 39.4 Å². The molecule has 0 aliphatic heterocycles. The first-order valence-electron chi connectivity index (χ1n) is 5.44. The maximum absolute atomic E-state index is 11.7. The third-order valence-electron chi connectivity index (χ3n) is 2.36. The van der Waals surface area contributed by atoms with E-state index in [1.165, 1.54) is 18.4 Å². The van der Waals surface area contributed by atoms with E-state index >= 15 is 0 Å². The molecule has 0 saturated heterocycles. The van der Waals surface area contributed by atoms with Crippen molar-refractivity contribution in [2.45, 2.75) is 0 Å². The van der Waals surface area contributed by atoms with E-state index in [0.717, 1.165) is 10.1 Å². The van der Waals surface area contributed by atoms with Gasteiger partial charge in [-0.2, -0.15) is 0 Å². The van der Waals surface area contributed by atoms with Gasteiger partial charge in [0.05, 0.1) is 19.1 Å². The highest BCUT2D eigenvalue weighted by Gasteiger charge is 2.18. The van der Waals surface area contributed by atoms with Gasteiger partial charge >= 0.3 is 5.97 Å². The van der Waals surface area contributed by atoms with E-state index in [-0.39, 0.29) is 5.97 Å². The number of rotatable bonds is 3. The standard InChI is InChI=1S/C13H14N2O2S/c1-15(2)8-14-11-9-6-4-5-7-10(9)18-12(11)13(16)17-3/h4-8H,1-3H3/b14-8+. The number of fused-ring (bicyclic) bond motifs is 1. The third kappa shape index (κ3) is 2.36. The summed E-state index contributed by atoms with van der Waals surface area (Å²) in [7, 11) is 5.15. The van der Waals surface area contributed by atoms with Crippen molar-refractivity contribution in [2.24, 2.45) is 4.99 Å². The second-order valence-electron chi connectivity index (χ2n) is 3.98. The molecule has 0 saturated carbocycles. The average molecular weight is 262 g/mol. The average Bonchev–Trinajstić information content (AvgIpc) is 2.74. The van der Waals surface area contributed by atoms with Crippen molar-refractivity contribution in [1.29, 1.82) is 0 Å². The van der Waals surface area contributed by atoms with Gasteiger partial charge in [-0.25, -0.2) is 9.79 Å². The molecule has 94 valence electrons. The number of carbonyl (C=O) groups is 1. The van der Waals surface area contributed by atoms with Crippen LogP contribution in [-0.2, 0) is 4.74 Å². The lowest BCUT2D eigenvalue weighted by atomic mass is 10.2. The predicted octanol–water partition coefficient (Wildman–Crippen LogP) is 2.91. The molecule has 0 N–H and O–H groups in total. The molecule has 0 fully saturated rings. The van der Waals surface area contributed by atoms with E-state index in [9.17, 15) is 4.79 Å². The summed E-state index contributed by atoms with van der Waals surface area (Å²) in [6.45, 7) is 0. The van der Waals surface area contributed by atoms with Gasteiger partial charge in [0, 0.05) is 24.2 Å². The Morgan fingerprint density at radius 1 is 1.39 bits per heavy atom. The number of ether oxygens (including phenoxy) is 1. The maximum Gasteiger partial charge on any atom is 0.350 e. The van der Waals surface area contributed by atoms with Gasteiger partial charge in [0.15, 0.2) is 0 Å². The van der Waals surface area contributed by atoms with Crippen LogP contribution in [0.3, 0.4) is 0 Å². The zero-order valence-corrected chi connectivity index (χ0v) is 11.3. The Balaban J connectivity index is 2.61. The Morgan fingerprint density at radius 2 is 2.11 bits per heavy atom. The van der Waals surface area contributed by atoms with Gasteiger partial charge in [0.2, 0.25) is 0 Å². The Hall–Kier alpha value is -1.88. The topological polar surface area (TPSA) is 41.9 Å². The van der Waals surface area contributed by atoms with Gasteiger partial charge in [0.25, 0.3) is 0 Å². The minimum absolute atomic E-state index is 0.345. The smallest absolute Gasteiger partial charge is 0.350 e. The van der Waals surface area contributed by atoms with Gasteiger partial charge in [-0.1, -0.05) is 18.2 Å². The van der Waals surface area contributed by atoms with E-state index < -0.39 is 0 Å². The van der Waals surface area contributed by atoms with Gasteiger partial charge in [-0.15, -0.1) is 11.3 Å². The number of thiophene rings is 1. The van der Waals surface area contributed by atoms with Gasteiger partial charge in [-0.05, 0) is 6.07 Å². The number of methoxy groups -OCH3 is 1. The van der Waals surface area contributed by atoms with Crippen LogP contribution in [0.5, 0.6) is 0 Å². The van der Waals surface area contributed by atoms with Gasteiger partial charge < -0.3 is 9.64 Å². The van der Waals surface area contributed by atoms with Crippen LogP contribution >= 0.6 is 11.3 Å². The van der Waals surface area contributed by atoms with Crippen molar-refractivity contribution < 1.29 is 9.53 Å². The SMILES string of the molecule is COC(=O)c1sc2ccccc2c1/N=C/N(C)C. The first-order chi connectivity index (χ1) is 8.63. The summed E-state index contributed by atoms with van der Waals surface area (Å²) in [5.74, 6) is -0.345. The van der Waals surface area contributed by atoms with Crippen molar-refractivity contribution in [3.63, 3.8) is 0 Å². The van der Waals surface area contributed by atoms with E-state index in [1.54, 1.807) is 6.34 Å². The zero-order chi connectivity index (χ0) is 13.1. The second-order valence-corrected chi connectivity index (χ2v) is 5.03. The summed E-state index contributed by atoms with van der Waals surface area (Å²) >= 11 is 1.40. The first-order valence-corrected chi connectivity index (χ1v) is 6.25. The van der Waals surface area contributed by atoms with E-state index in [1.807, 2.05) is 43.3 Å². The lowest BCUT2D eigenvalue weighted by Gasteiger charge is -2.03. The summed E-state index contributed by atoms with van der Waals surface area (Å²) in [6.07, 6.45) is 1.68. The summed E-state index contributed by atoms with van der Waals surface area (Å²) in [5.41, 5.74) is 0.677. The highest BCUT2D eigenvalue weighted by Crippen LogP contribution is 2.38. The lowest BCUT2D eigenvalue weighted by molar-refractivity contribution is 0.0607. The number of nitrogens with zero attached hydrogens (tertiary/aromatic N) is 2. The fourth-order valence-corrected chi connectivity index (χ4v) is 2.63. The molecule has 0 amide bonds. The van der Waals surface area contributed by atoms with Crippen LogP contribution in [0.1, 0.15) is 9.67 Å². The van der Waals surface area contributed by atoms with Crippen molar-refractivity contribution in [1.82, 2.24) is 4.90 Å². The largest absolute Gasteiger partial charge is 0.465 e. The molecule has 2 aromatic rings. The number of aliphatic imine (C=N–C) groups is 1. The molecule has 18 heavy (non-hydrogen) atoms. The van der Waals surface area contributed by atoms with Crippen LogP contribution in [0.4, 0.5) is 5.69 Å². The van der Waals surface area contributed by atoms with Crippen LogP contribution in [0.15, 0.2) is 29.3 Å².